The van der Waals surface area contributed by atoms with Crippen LogP contribution >= 0.6 is 0 Å². The number of hydrogen-bond donors (Lipinski definition) is 1. The molecule has 160 valence electrons. The first kappa shape index (κ1) is 21.8. The molecule has 1 fully saturated rings. The highest BCUT2D eigenvalue weighted by molar-refractivity contribution is 6.03. The Morgan fingerprint density at radius 1 is 0.967 bits per heavy atom. The van der Waals surface area contributed by atoms with Crippen molar-refractivity contribution in [3.05, 3.63) is 59.7 Å². The minimum Gasteiger partial charge on any atom is -0.492 e. The summed E-state index contributed by atoms with van der Waals surface area (Å²) in [5.74, 6) is -0.110. The Hall–Kier alpha value is -2.86. The molecule has 0 saturated carbocycles. The van der Waals surface area contributed by atoms with Gasteiger partial charge in [0.25, 0.3) is 5.91 Å². The molecule has 0 bridgehead atoms. The monoisotopic (exact) mass is 411 g/mol. The van der Waals surface area contributed by atoms with E-state index in [-0.39, 0.29) is 12.5 Å². The number of carbonyl (C=O) groups excluding carboxylic acids is 2. The van der Waals surface area contributed by atoms with E-state index in [1.54, 1.807) is 25.1 Å². The summed E-state index contributed by atoms with van der Waals surface area (Å²) in [4.78, 5) is 25.5. The van der Waals surface area contributed by atoms with E-state index < -0.39 is 5.97 Å². The van der Waals surface area contributed by atoms with Crippen molar-refractivity contribution in [2.45, 2.75) is 33.2 Å². The lowest BCUT2D eigenvalue weighted by Crippen LogP contribution is -2.49. The van der Waals surface area contributed by atoms with Gasteiger partial charge in [-0.15, -0.1) is 0 Å². The maximum absolute atomic E-state index is 13.1. The summed E-state index contributed by atoms with van der Waals surface area (Å²) in [7, 11) is 0. The van der Waals surface area contributed by atoms with Crippen molar-refractivity contribution in [1.82, 2.24) is 0 Å². The molecule has 1 heterocycles. The number of benzene rings is 2. The van der Waals surface area contributed by atoms with Gasteiger partial charge in [0, 0.05) is 18.4 Å². The first-order valence-corrected chi connectivity index (χ1v) is 10.7. The van der Waals surface area contributed by atoms with E-state index >= 15 is 0 Å². The highest BCUT2D eigenvalue weighted by atomic mass is 16.5. The SMILES string of the molecule is CCOC(=O)c1cccc(OCC)c1NC(=O)C[N+]1(Cc2ccccc2)CCCC1. The molecule has 6 nitrogen and oxygen atoms in total. The van der Waals surface area contributed by atoms with E-state index in [1.165, 1.54) is 5.56 Å². The molecule has 1 aliphatic heterocycles. The molecular weight excluding hydrogens is 380 g/mol. The van der Waals surface area contributed by atoms with Gasteiger partial charge in [0.15, 0.2) is 6.54 Å². The van der Waals surface area contributed by atoms with Gasteiger partial charge in [-0.2, -0.15) is 0 Å². The topological polar surface area (TPSA) is 64.6 Å². The maximum atomic E-state index is 13.1. The minimum atomic E-state index is -0.469. The molecule has 2 aromatic rings. The van der Waals surface area contributed by atoms with Crippen LogP contribution < -0.4 is 10.1 Å². The van der Waals surface area contributed by atoms with Crippen LogP contribution in [0.3, 0.4) is 0 Å². The van der Waals surface area contributed by atoms with E-state index in [0.29, 0.717) is 30.2 Å². The van der Waals surface area contributed by atoms with Crippen molar-refractivity contribution in [3.8, 4) is 5.75 Å². The van der Waals surface area contributed by atoms with Crippen LogP contribution in [0.25, 0.3) is 0 Å². The number of para-hydroxylation sites is 1. The lowest BCUT2D eigenvalue weighted by molar-refractivity contribution is -0.922. The van der Waals surface area contributed by atoms with Gasteiger partial charge >= 0.3 is 5.97 Å². The number of nitrogens with zero attached hydrogens (tertiary/aromatic N) is 1. The molecule has 3 rings (SSSR count). The second-order valence-electron chi connectivity index (χ2n) is 7.68. The molecular formula is C24H31N2O4+. The quantitative estimate of drug-likeness (QED) is 0.500. The molecule has 0 atom stereocenters. The summed E-state index contributed by atoms with van der Waals surface area (Å²) in [5, 5.41) is 2.96. The highest BCUT2D eigenvalue weighted by Gasteiger charge is 2.35. The lowest BCUT2D eigenvalue weighted by atomic mass is 10.1. The summed E-state index contributed by atoms with van der Waals surface area (Å²) in [6.45, 7) is 7.45. The zero-order chi connectivity index (χ0) is 21.4. The van der Waals surface area contributed by atoms with Crippen molar-refractivity contribution in [1.29, 1.82) is 0 Å². The van der Waals surface area contributed by atoms with Crippen LogP contribution in [0.1, 0.15) is 42.6 Å². The molecule has 30 heavy (non-hydrogen) atoms. The van der Waals surface area contributed by atoms with Crippen LogP contribution in [0, 0.1) is 0 Å². The van der Waals surface area contributed by atoms with Gasteiger partial charge < -0.3 is 19.3 Å². The molecule has 1 amide bonds. The van der Waals surface area contributed by atoms with Gasteiger partial charge in [0.1, 0.15) is 12.3 Å². The van der Waals surface area contributed by atoms with Gasteiger partial charge in [-0.1, -0.05) is 36.4 Å². The van der Waals surface area contributed by atoms with Gasteiger partial charge in [0.2, 0.25) is 0 Å². The summed E-state index contributed by atoms with van der Waals surface area (Å²) in [6, 6.07) is 15.4. The third-order valence-electron chi connectivity index (χ3n) is 5.44. The fourth-order valence-electron chi connectivity index (χ4n) is 4.15. The average Bonchev–Trinajstić information content (AvgIpc) is 3.18. The van der Waals surface area contributed by atoms with Crippen LogP contribution in [-0.4, -0.2) is 49.2 Å². The van der Waals surface area contributed by atoms with Crippen molar-refractivity contribution in [3.63, 3.8) is 0 Å². The first-order chi connectivity index (χ1) is 14.6. The van der Waals surface area contributed by atoms with E-state index in [4.69, 9.17) is 9.47 Å². The number of carbonyl (C=O) groups is 2. The van der Waals surface area contributed by atoms with Crippen LogP contribution in [0.5, 0.6) is 5.75 Å². The lowest BCUT2D eigenvalue weighted by Gasteiger charge is -2.33. The number of anilines is 1. The fraction of sp³-hybridized carbons (Fsp3) is 0.417. The molecule has 0 aliphatic carbocycles. The molecule has 0 radical (unpaired) electrons. The van der Waals surface area contributed by atoms with Crippen LogP contribution in [0.2, 0.25) is 0 Å². The Kier molecular flexibility index (Phi) is 7.46. The third-order valence-corrected chi connectivity index (χ3v) is 5.44. The maximum Gasteiger partial charge on any atom is 0.340 e. The van der Waals surface area contributed by atoms with Gasteiger partial charge in [-0.3, -0.25) is 4.79 Å². The first-order valence-electron chi connectivity index (χ1n) is 10.7. The Bertz CT molecular complexity index is 861. The second kappa shape index (κ2) is 10.3. The Morgan fingerprint density at radius 3 is 2.37 bits per heavy atom. The number of ether oxygens (including phenoxy) is 2. The molecule has 0 spiro atoms. The smallest absolute Gasteiger partial charge is 0.340 e. The largest absolute Gasteiger partial charge is 0.492 e. The molecule has 6 heteroatoms. The number of nitrogens with one attached hydrogen (secondary N) is 1. The normalized spacial score (nSPS) is 14.9. The zero-order valence-corrected chi connectivity index (χ0v) is 17.9. The fourth-order valence-corrected chi connectivity index (χ4v) is 4.15. The van der Waals surface area contributed by atoms with E-state index in [2.05, 4.69) is 17.4 Å². The summed E-state index contributed by atoms with van der Waals surface area (Å²) in [5.41, 5.74) is 1.93. The summed E-state index contributed by atoms with van der Waals surface area (Å²) < 4.78 is 11.6. The Balaban J connectivity index is 1.81. The molecule has 0 unspecified atom stereocenters. The highest BCUT2D eigenvalue weighted by Crippen LogP contribution is 2.30. The van der Waals surface area contributed by atoms with Crippen molar-refractivity contribution in [2.75, 3.05) is 38.2 Å². The van der Waals surface area contributed by atoms with E-state index in [9.17, 15) is 9.59 Å². The molecule has 1 aliphatic rings. The van der Waals surface area contributed by atoms with Crippen molar-refractivity contribution in [2.24, 2.45) is 0 Å². The standard InChI is InChI=1S/C24H30N2O4/c1-3-29-21-14-10-13-20(24(28)30-4-2)23(21)25-22(27)18-26(15-8-9-16-26)17-19-11-6-5-7-12-19/h5-7,10-14H,3-4,8-9,15-18H2,1-2H3/p+1. The van der Waals surface area contributed by atoms with E-state index in [0.717, 1.165) is 37.0 Å². The number of amides is 1. The van der Waals surface area contributed by atoms with Gasteiger partial charge in [0.05, 0.1) is 37.6 Å². The predicted molar refractivity (Wildman–Crippen MR) is 116 cm³/mol. The second-order valence-corrected chi connectivity index (χ2v) is 7.68. The molecule has 0 aromatic heterocycles. The molecule has 1 saturated heterocycles. The Morgan fingerprint density at radius 2 is 1.70 bits per heavy atom. The van der Waals surface area contributed by atoms with Crippen LogP contribution in [0.15, 0.2) is 48.5 Å². The number of quaternary nitrogens is 1. The molecule has 2 aromatic carbocycles. The number of hydrogen-bond acceptors (Lipinski definition) is 4. The van der Waals surface area contributed by atoms with Gasteiger partial charge in [-0.25, -0.2) is 4.79 Å². The third kappa shape index (κ3) is 5.39. The Labute approximate surface area is 178 Å². The van der Waals surface area contributed by atoms with Crippen molar-refractivity contribution >= 4 is 17.6 Å². The number of rotatable bonds is 9. The number of likely N-dealkylation sites (tertiary alicyclic amines) is 1. The minimum absolute atomic E-state index is 0.120. The van der Waals surface area contributed by atoms with Crippen LogP contribution in [0.4, 0.5) is 5.69 Å². The molecule has 1 N–H and O–H groups in total. The van der Waals surface area contributed by atoms with Crippen molar-refractivity contribution < 1.29 is 23.5 Å². The van der Waals surface area contributed by atoms with E-state index in [1.807, 2.05) is 25.1 Å². The predicted octanol–water partition coefficient (Wildman–Crippen LogP) is 4.01. The van der Waals surface area contributed by atoms with Crippen LogP contribution in [-0.2, 0) is 16.1 Å². The number of esters is 1. The van der Waals surface area contributed by atoms with Gasteiger partial charge in [-0.05, 0) is 26.0 Å². The zero-order valence-electron chi connectivity index (χ0n) is 17.9. The summed E-state index contributed by atoms with van der Waals surface area (Å²) in [6.07, 6.45) is 2.23. The summed E-state index contributed by atoms with van der Waals surface area (Å²) >= 11 is 0. The average molecular weight is 412 g/mol.